The van der Waals surface area contributed by atoms with Crippen LogP contribution in [0.3, 0.4) is 0 Å². The summed E-state index contributed by atoms with van der Waals surface area (Å²) in [6, 6.07) is 54.8. The Hall–Kier alpha value is -6.06. The molecule has 0 unspecified atom stereocenters. The van der Waals surface area contributed by atoms with E-state index in [2.05, 4.69) is 170 Å². The number of hydrogen-bond donors (Lipinski definition) is 0. The Morgan fingerprint density at radius 3 is 1.38 bits per heavy atom. The first-order chi connectivity index (χ1) is 23.6. The van der Waals surface area contributed by atoms with Gasteiger partial charge in [0.25, 0.3) is 0 Å². The Kier molecular flexibility index (Phi) is 10.3. The van der Waals surface area contributed by atoms with E-state index >= 15 is 0 Å². The van der Waals surface area contributed by atoms with Crippen molar-refractivity contribution in [3.8, 4) is 11.5 Å². The van der Waals surface area contributed by atoms with Crippen LogP contribution in [0.2, 0.25) is 0 Å². The zero-order chi connectivity index (χ0) is 33.1. The van der Waals surface area contributed by atoms with Gasteiger partial charge >= 0.3 is 0 Å². The molecule has 236 valence electrons. The lowest BCUT2D eigenvalue weighted by atomic mass is 9.97. The number of aryl methyl sites for hydroxylation is 1. The smallest absolute Gasteiger partial charge is 0.118 e. The Bertz CT molecular complexity index is 1900. The van der Waals surface area contributed by atoms with Gasteiger partial charge in [-0.05, 0) is 88.8 Å². The van der Waals surface area contributed by atoms with Crippen LogP contribution in [0.4, 0.5) is 11.4 Å². The van der Waals surface area contributed by atoms with Crippen LogP contribution in [0.1, 0.15) is 33.4 Å². The molecule has 6 aromatic rings. The minimum Gasteiger partial charge on any atom is -0.497 e. The number of methoxy groups -OCH3 is 2. The average molecular weight is 626 g/mol. The zero-order valence-electron chi connectivity index (χ0n) is 27.6. The van der Waals surface area contributed by atoms with Crippen LogP contribution < -0.4 is 14.4 Å². The highest BCUT2D eigenvalue weighted by Crippen LogP contribution is 2.33. The molecule has 0 aliphatic rings. The maximum absolute atomic E-state index is 5.46. The molecule has 0 bridgehead atoms. The van der Waals surface area contributed by atoms with E-state index in [4.69, 9.17) is 9.47 Å². The fraction of sp³-hybridized carbons (Fsp3) is 0.0667. The lowest BCUT2D eigenvalue weighted by Gasteiger charge is -2.24. The minimum absolute atomic E-state index is 0.821. The standard InChI is InChI=1S/C45H39NO2/c1-34-17-25-40(26-18-34)46(33-45(38-21-29-42(47-2)30-22-38)39-23-31-43(48-3)32-24-39)41-27-19-35(20-28-41)11-10-16-44(36-12-6-4-7-13-36)37-14-8-5-9-15-37/h4-33H,1-3H3/b11-10+. The van der Waals surface area contributed by atoms with Crippen molar-refractivity contribution < 1.29 is 9.47 Å². The van der Waals surface area contributed by atoms with Crippen LogP contribution in [0.25, 0.3) is 17.2 Å². The monoisotopic (exact) mass is 625 g/mol. The minimum atomic E-state index is 0.821. The molecule has 0 radical (unpaired) electrons. The predicted octanol–water partition coefficient (Wildman–Crippen LogP) is 11.4. The van der Waals surface area contributed by atoms with Gasteiger partial charge in [-0.2, -0.15) is 0 Å². The van der Waals surface area contributed by atoms with Gasteiger partial charge in [0, 0.05) is 23.1 Å². The molecular formula is C45H39NO2. The van der Waals surface area contributed by atoms with Crippen molar-refractivity contribution in [3.63, 3.8) is 0 Å². The maximum atomic E-state index is 5.46. The summed E-state index contributed by atoms with van der Waals surface area (Å²) in [5, 5.41) is 0. The summed E-state index contributed by atoms with van der Waals surface area (Å²) in [7, 11) is 3.38. The van der Waals surface area contributed by atoms with Crippen LogP contribution in [-0.2, 0) is 0 Å². The fourth-order valence-electron chi connectivity index (χ4n) is 5.59. The van der Waals surface area contributed by atoms with Gasteiger partial charge in [0.2, 0.25) is 0 Å². The van der Waals surface area contributed by atoms with E-state index in [1.165, 1.54) is 22.3 Å². The zero-order valence-corrected chi connectivity index (χ0v) is 27.6. The fourth-order valence-corrected chi connectivity index (χ4v) is 5.59. The third kappa shape index (κ3) is 7.83. The van der Waals surface area contributed by atoms with Crippen molar-refractivity contribution in [3.05, 3.63) is 209 Å². The average Bonchev–Trinajstić information content (AvgIpc) is 3.16. The highest BCUT2D eigenvalue weighted by atomic mass is 16.5. The van der Waals surface area contributed by atoms with Crippen LogP contribution in [-0.4, -0.2) is 14.2 Å². The molecule has 48 heavy (non-hydrogen) atoms. The lowest BCUT2D eigenvalue weighted by molar-refractivity contribution is 0.414. The predicted molar refractivity (Wildman–Crippen MR) is 202 cm³/mol. The molecule has 3 heteroatoms. The van der Waals surface area contributed by atoms with E-state index in [0.717, 1.165) is 45.1 Å². The summed E-state index contributed by atoms with van der Waals surface area (Å²) in [6.45, 7) is 2.11. The molecule has 0 amide bonds. The summed E-state index contributed by atoms with van der Waals surface area (Å²) >= 11 is 0. The van der Waals surface area contributed by atoms with Gasteiger partial charge in [-0.15, -0.1) is 0 Å². The molecule has 0 atom stereocenters. The number of anilines is 2. The molecule has 0 saturated heterocycles. The number of benzene rings is 6. The van der Waals surface area contributed by atoms with Crippen molar-refractivity contribution in [2.75, 3.05) is 19.1 Å². The molecule has 0 aromatic heterocycles. The quantitative estimate of drug-likeness (QED) is 0.134. The molecular weight excluding hydrogens is 587 g/mol. The van der Waals surface area contributed by atoms with Crippen LogP contribution >= 0.6 is 0 Å². The molecule has 6 aromatic carbocycles. The summed E-state index contributed by atoms with van der Waals surface area (Å²) in [6.07, 6.45) is 8.69. The van der Waals surface area contributed by atoms with E-state index in [9.17, 15) is 0 Å². The highest BCUT2D eigenvalue weighted by molar-refractivity contribution is 5.85. The van der Waals surface area contributed by atoms with Gasteiger partial charge in [0.1, 0.15) is 11.5 Å². The summed E-state index contributed by atoms with van der Waals surface area (Å²) in [5.74, 6) is 1.64. The number of ether oxygens (including phenoxy) is 2. The summed E-state index contributed by atoms with van der Waals surface area (Å²) in [5.41, 5.74) is 11.3. The topological polar surface area (TPSA) is 21.7 Å². The second-order valence-corrected chi connectivity index (χ2v) is 11.5. The van der Waals surface area contributed by atoms with Gasteiger partial charge in [-0.25, -0.2) is 0 Å². The normalized spacial score (nSPS) is 10.7. The van der Waals surface area contributed by atoms with Gasteiger partial charge in [0.05, 0.1) is 14.2 Å². The third-order valence-electron chi connectivity index (χ3n) is 8.26. The molecule has 6 rings (SSSR count). The molecule has 0 saturated carbocycles. The summed E-state index contributed by atoms with van der Waals surface area (Å²) in [4.78, 5) is 2.25. The number of rotatable bonds is 11. The van der Waals surface area contributed by atoms with Gasteiger partial charge < -0.3 is 14.4 Å². The van der Waals surface area contributed by atoms with Gasteiger partial charge in [-0.3, -0.25) is 0 Å². The molecule has 3 nitrogen and oxygen atoms in total. The first-order valence-corrected chi connectivity index (χ1v) is 16.1. The van der Waals surface area contributed by atoms with E-state index in [1.54, 1.807) is 14.2 Å². The second-order valence-electron chi connectivity index (χ2n) is 11.5. The largest absolute Gasteiger partial charge is 0.497 e. The molecule has 0 aliphatic carbocycles. The second kappa shape index (κ2) is 15.5. The summed E-state index contributed by atoms with van der Waals surface area (Å²) < 4.78 is 10.9. The van der Waals surface area contributed by atoms with Crippen molar-refractivity contribution in [1.82, 2.24) is 0 Å². The van der Waals surface area contributed by atoms with E-state index in [1.807, 2.05) is 24.3 Å². The third-order valence-corrected chi connectivity index (χ3v) is 8.26. The molecule has 0 fully saturated rings. The van der Waals surface area contributed by atoms with E-state index < -0.39 is 0 Å². The number of allylic oxidation sites excluding steroid dienone is 2. The molecule has 0 heterocycles. The number of nitrogens with zero attached hydrogens (tertiary/aromatic N) is 1. The van der Waals surface area contributed by atoms with Gasteiger partial charge in [-0.1, -0.05) is 133 Å². The Morgan fingerprint density at radius 1 is 0.479 bits per heavy atom. The Labute approximate surface area is 284 Å². The van der Waals surface area contributed by atoms with Crippen molar-refractivity contribution in [2.24, 2.45) is 0 Å². The maximum Gasteiger partial charge on any atom is 0.118 e. The van der Waals surface area contributed by atoms with Gasteiger partial charge in [0.15, 0.2) is 0 Å². The first kappa shape index (κ1) is 31.9. The first-order valence-electron chi connectivity index (χ1n) is 16.1. The SMILES string of the molecule is COc1ccc(C(=CN(c2ccc(C)cc2)c2ccc(/C=C/C=C(c3ccccc3)c3ccccc3)cc2)c2ccc(OC)cc2)cc1. The lowest BCUT2D eigenvalue weighted by Crippen LogP contribution is -2.10. The Morgan fingerprint density at radius 2 is 0.917 bits per heavy atom. The molecule has 0 spiro atoms. The van der Waals surface area contributed by atoms with Crippen molar-refractivity contribution in [2.45, 2.75) is 6.92 Å². The van der Waals surface area contributed by atoms with E-state index in [0.29, 0.717) is 0 Å². The van der Waals surface area contributed by atoms with E-state index in [-0.39, 0.29) is 0 Å². The molecule has 0 aliphatic heterocycles. The van der Waals surface area contributed by atoms with Crippen molar-refractivity contribution in [1.29, 1.82) is 0 Å². The van der Waals surface area contributed by atoms with Crippen LogP contribution in [0.5, 0.6) is 11.5 Å². The molecule has 0 N–H and O–H groups in total. The van der Waals surface area contributed by atoms with Crippen LogP contribution in [0.15, 0.2) is 176 Å². The highest BCUT2D eigenvalue weighted by Gasteiger charge is 2.13. The Balaban J connectivity index is 1.37. The van der Waals surface area contributed by atoms with Crippen molar-refractivity contribution >= 4 is 28.6 Å². The number of hydrogen-bond acceptors (Lipinski definition) is 3. The van der Waals surface area contributed by atoms with Crippen LogP contribution in [0, 0.1) is 6.92 Å².